The van der Waals surface area contributed by atoms with Gasteiger partial charge in [0, 0.05) is 17.3 Å². The molecule has 1 aliphatic rings. The summed E-state index contributed by atoms with van der Waals surface area (Å²) in [5.41, 5.74) is 3.17. The summed E-state index contributed by atoms with van der Waals surface area (Å²) in [6.07, 6.45) is 1.74. The molecule has 0 saturated heterocycles. The third-order valence-electron chi connectivity index (χ3n) is 4.68. The predicted molar refractivity (Wildman–Crippen MR) is 105 cm³/mol. The minimum absolute atomic E-state index is 0.114. The third kappa shape index (κ3) is 3.94. The lowest BCUT2D eigenvalue weighted by molar-refractivity contribution is -0.116. The highest BCUT2D eigenvalue weighted by Gasteiger charge is 2.27. The van der Waals surface area contributed by atoms with Crippen LogP contribution in [0.2, 0.25) is 5.02 Å². The first-order chi connectivity index (χ1) is 12.3. The highest BCUT2D eigenvalue weighted by Crippen LogP contribution is 2.30. The number of fused-ring (bicyclic) bond motifs is 1. The van der Waals surface area contributed by atoms with Crippen molar-refractivity contribution in [3.05, 3.63) is 58.6 Å². The van der Waals surface area contributed by atoms with E-state index in [1.807, 2.05) is 12.1 Å². The van der Waals surface area contributed by atoms with Crippen molar-refractivity contribution >= 4 is 33.0 Å². The van der Waals surface area contributed by atoms with Crippen molar-refractivity contribution < 1.29 is 13.2 Å². The van der Waals surface area contributed by atoms with E-state index >= 15 is 0 Å². The molecule has 0 bridgehead atoms. The lowest BCUT2D eigenvalue weighted by Crippen LogP contribution is -2.39. The highest BCUT2D eigenvalue weighted by molar-refractivity contribution is 7.92. The number of halogens is 1. The fourth-order valence-corrected chi connectivity index (χ4v) is 4.53. The van der Waals surface area contributed by atoms with E-state index in [4.69, 9.17) is 11.6 Å². The van der Waals surface area contributed by atoms with E-state index in [1.165, 1.54) is 29.8 Å². The lowest BCUT2D eigenvalue weighted by Gasteiger charge is -2.30. The van der Waals surface area contributed by atoms with Gasteiger partial charge in [0.1, 0.15) is 5.75 Å². The molecule has 1 aliphatic heterocycles. The molecular formula is C20H22ClNO3S. The van der Waals surface area contributed by atoms with Gasteiger partial charge < -0.3 is 4.90 Å². The number of carbonyl (C=O) groups excluding carboxylic acids is 1. The minimum atomic E-state index is -3.70. The predicted octanol–water partition coefficient (Wildman–Crippen LogP) is 4.22. The lowest BCUT2D eigenvalue weighted by atomic mass is 9.95. The second-order valence-corrected chi connectivity index (χ2v) is 9.33. The molecule has 26 heavy (non-hydrogen) atoms. The van der Waals surface area contributed by atoms with Crippen LogP contribution < -0.4 is 4.90 Å². The van der Waals surface area contributed by atoms with Gasteiger partial charge in [-0.1, -0.05) is 37.6 Å². The number of carbonyl (C=O) groups is 1. The highest BCUT2D eigenvalue weighted by atomic mass is 35.5. The van der Waals surface area contributed by atoms with Gasteiger partial charge in [0.15, 0.2) is 9.84 Å². The Morgan fingerprint density at radius 2 is 1.85 bits per heavy atom. The Labute approximate surface area is 159 Å². The van der Waals surface area contributed by atoms with Gasteiger partial charge >= 0.3 is 0 Å². The number of benzene rings is 2. The molecule has 3 rings (SSSR count). The molecule has 138 valence electrons. The van der Waals surface area contributed by atoms with E-state index in [1.54, 1.807) is 4.90 Å². The van der Waals surface area contributed by atoms with Gasteiger partial charge in [0.2, 0.25) is 5.91 Å². The van der Waals surface area contributed by atoms with Crippen LogP contribution in [0.15, 0.2) is 47.4 Å². The second kappa shape index (κ2) is 7.41. The average Bonchev–Trinajstić information content (AvgIpc) is 2.60. The monoisotopic (exact) mass is 391 g/mol. The van der Waals surface area contributed by atoms with Crippen LogP contribution in [0.1, 0.15) is 37.3 Å². The number of hydrogen-bond donors (Lipinski definition) is 0. The van der Waals surface area contributed by atoms with E-state index in [9.17, 15) is 13.2 Å². The van der Waals surface area contributed by atoms with Crippen LogP contribution in [-0.4, -0.2) is 26.6 Å². The van der Waals surface area contributed by atoms with Gasteiger partial charge in [-0.3, -0.25) is 4.79 Å². The van der Waals surface area contributed by atoms with E-state index in [0.29, 0.717) is 17.5 Å². The molecule has 0 saturated carbocycles. The maximum Gasteiger partial charge on any atom is 0.242 e. The van der Waals surface area contributed by atoms with E-state index in [0.717, 1.165) is 24.1 Å². The molecule has 0 fully saturated rings. The Balaban J connectivity index is 1.84. The van der Waals surface area contributed by atoms with Crippen molar-refractivity contribution in [2.24, 2.45) is 0 Å². The topological polar surface area (TPSA) is 54.5 Å². The van der Waals surface area contributed by atoms with E-state index in [2.05, 4.69) is 19.9 Å². The van der Waals surface area contributed by atoms with Crippen LogP contribution >= 0.6 is 11.6 Å². The first kappa shape index (κ1) is 18.9. The average molecular weight is 392 g/mol. The van der Waals surface area contributed by atoms with Crippen molar-refractivity contribution in [3.63, 3.8) is 0 Å². The molecule has 0 radical (unpaired) electrons. The zero-order valence-corrected chi connectivity index (χ0v) is 16.5. The molecule has 0 N–H and O–H groups in total. The Bertz CT molecular complexity index is 921. The number of hydrogen-bond acceptors (Lipinski definition) is 3. The number of rotatable bonds is 4. The molecular weight excluding hydrogens is 370 g/mol. The zero-order valence-electron chi connectivity index (χ0n) is 14.9. The minimum Gasteiger partial charge on any atom is -0.311 e. The van der Waals surface area contributed by atoms with Crippen LogP contribution in [0.5, 0.6) is 0 Å². The third-order valence-corrected chi connectivity index (χ3v) is 6.55. The van der Waals surface area contributed by atoms with Crippen LogP contribution in [0, 0.1) is 0 Å². The summed E-state index contributed by atoms with van der Waals surface area (Å²) in [6.45, 7) is 4.81. The summed E-state index contributed by atoms with van der Waals surface area (Å²) in [5, 5.41) is 0.459. The molecule has 0 unspecified atom stereocenters. The van der Waals surface area contributed by atoms with E-state index in [-0.39, 0.29) is 4.90 Å². The number of sulfone groups is 1. The van der Waals surface area contributed by atoms with Crippen molar-refractivity contribution in [2.75, 3.05) is 17.2 Å². The Hall–Kier alpha value is -1.85. The van der Waals surface area contributed by atoms with Crippen LogP contribution in [0.4, 0.5) is 5.69 Å². The first-order valence-electron chi connectivity index (χ1n) is 8.69. The van der Waals surface area contributed by atoms with Gasteiger partial charge in [0.25, 0.3) is 0 Å². The van der Waals surface area contributed by atoms with Crippen molar-refractivity contribution in [2.45, 2.75) is 37.5 Å². The zero-order chi connectivity index (χ0) is 18.9. The molecule has 0 atom stereocenters. The van der Waals surface area contributed by atoms with Gasteiger partial charge in [-0.25, -0.2) is 8.42 Å². The molecule has 4 nitrogen and oxygen atoms in total. The normalized spacial score (nSPS) is 14.4. The molecule has 0 aliphatic carbocycles. The molecule has 1 heterocycles. The van der Waals surface area contributed by atoms with Crippen molar-refractivity contribution in [3.8, 4) is 0 Å². The van der Waals surface area contributed by atoms with Crippen molar-refractivity contribution in [1.82, 2.24) is 0 Å². The maximum atomic E-state index is 12.8. The van der Waals surface area contributed by atoms with Gasteiger partial charge in [0.05, 0.1) is 4.90 Å². The van der Waals surface area contributed by atoms with Crippen LogP contribution in [0.25, 0.3) is 0 Å². The van der Waals surface area contributed by atoms with E-state index < -0.39 is 21.5 Å². The summed E-state index contributed by atoms with van der Waals surface area (Å²) >= 11 is 5.81. The SMILES string of the molecule is CC(C)c1ccc2c(c1)CCCN2C(=O)CS(=O)(=O)c1ccc(Cl)cc1. The number of aryl methyl sites for hydroxylation is 1. The van der Waals surface area contributed by atoms with Gasteiger partial charge in [-0.15, -0.1) is 0 Å². The number of nitrogens with zero attached hydrogens (tertiary/aromatic N) is 1. The second-order valence-electron chi connectivity index (χ2n) is 6.90. The van der Waals surface area contributed by atoms with Crippen LogP contribution in [0.3, 0.4) is 0 Å². The first-order valence-corrected chi connectivity index (χ1v) is 10.7. The number of anilines is 1. The molecule has 6 heteroatoms. The molecule has 1 amide bonds. The largest absolute Gasteiger partial charge is 0.311 e. The summed E-state index contributed by atoms with van der Waals surface area (Å²) in [4.78, 5) is 14.5. The molecule has 0 spiro atoms. The Morgan fingerprint density at radius 3 is 2.50 bits per heavy atom. The summed E-state index contributed by atoms with van der Waals surface area (Å²) in [7, 11) is -3.70. The fourth-order valence-electron chi connectivity index (χ4n) is 3.20. The maximum absolute atomic E-state index is 12.8. The molecule has 2 aromatic carbocycles. The number of amides is 1. The fraction of sp³-hybridized carbons (Fsp3) is 0.350. The molecule has 2 aromatic rings. The summed E-state index contributed by atoms with van der Waals surface area (Å²) < 4.78 is 25.1. The van der Waals surface area contributed by atoms with Gasteiger partial charge in [-0.2, -0.15) is 0 Å². The smallest absolute Gasteiger partial charge is 0.242 e. The van der Waals surface area contributed by atoms with Gasteiger partial charge in [-0.05, 0) is 60.2 Å². The standard InChI is InChI=1S/C20H22ClNO3S/c1-14(2)15-5-10-19-16(12-15)4-3-11-22(19)20(23)13-26(24,25)18-8-6-17(21)7-9-18/h5-10,12,14H,3-4,11,13H2,1-2H3. The molecule has 0 aromatic heterocycles. The summed E-state index contributed by atoms with van der Waals surface area (Å²) in [6, 6.07) is 12.0. The van der Waals surface area contributed by atoms with Crippen molar-refractivity contribution in [1.29, 1.82) is 0 Å². The summed E-state index contributed by atoms with van der Waals surface area (Å²) in [5.74, 6) is -0.519. The quantitative estimate of drug-likeness (QED) is 0.784. The Morgan fingerprint density at radius 1 is 1.15 bits per heavy atom. The van der Waals surface area contributed by atoms with Crippen LogP contribution in [-0.2, 0) is 21.1 Å². The Kier molecular flexibility index (Phi) is 5.39.